The van der Waals surface area contributed by atoms with E-state index in [2.05, 4.69) is 4.90 Å². The van der Waals surface area contributed by atoms with Crippen molar-refractivity contribution in [1.29, 1.82) is 0 Å². The SMILES string of the molecule is O=C(O)C1CCN2CCCCC12. The quantitative estimate of drug-likeness (QED) is 0.635. The Morgan fingerprint density at radius 2 is 2.08 bits per heavy atom. The highest BCUT2D eigenvalue weighted by Gasteiger charge is 2.39. The molecule has 3 heteroatoms. The third-order valence-corrected chi connectivity index (χ3v) is 3.17. The molecule has 2 unspecified atom stereocenters. The summed E-state index contributed by atoms with van der Waals surface area (Å²) in [6, 6.07) is 0.358. The van der Waals surface area contributed by atoms with Gasteiger partial charge in [0.2, 0.25) is 0 Å². The Morgan fingerprint density at radius 3 is 2.83 bits per heavy atom. The lowest BCUT2D eigenvalue weighted by molar-refractivity contribution is -0.142. The highest BCUT2D eigenvalue weighted by molar-refractivity contribution is 5.71. The average Bonchev–Trinajstić information content (AvgIpc) is 2.47. The lowest BCUT2D eigenvalue weighted by Gasteiger charge is -2.30. The van der Waals surface area contributed by atoms with E-state index in [-0.39, 0.29) is 5.92 Å². The zero-order valence-electron chi connectivity index (χ0n) is 7.20. The van der Waals surface area contributed by atoms with Crippen molar-refractivity contribution in [3.8, 4) is 0 Å². The van der Waals surface area contributed by atoms with E-state index in [1.165, 1.54) is 12.8 Å². The highest BCUT2D eigenvalue weighted by atomic mass is 16.4. The number of hydrogen-bond acceptors (Lipinski definition) is 2. The fourth-order valence-corrected chi connectivity index (χ4v) is 2.54. The highest BCUT2D eigenvalue weighted by Crippen LogP contribution is 2.31. The average molecular weight is 169 g/mol. The number of aliphatic carboxylic acids is 1. The Balaban J connectivity index is 2.05. The van der Waals surface area contributed by atoms with Crippen LogP contribution in [0, 0.1) is 5.92 Å². The fourth-order valence-electron chi connectivity index (χ4n) is 2.54. The number of carboxylic acids is 1. The van der Waals surface area contributed by atoms with Gasteiger partial charge in [-0.1, -0.05) is 6.42 Å². The van der Waals surface area contributed by atoms with E-state index >= 15 is 0 Å². The maximum atomic E-state index is 10.8. The van der Waals surface area contributed by atoms with E-state index in [1.807, 2.05) is 0 Å². The molecule has 0 radical (unpaired) electrons. The molecular formula is C9H15NO2. The number of hydrogen-bond donors (Lipinski definition) is 1. The van der Waals surface area contributed by atoms with Crippen LogP contribution < -0.4 is 0 Å². The van der Waals surface area contributed by atoms with Gasteiger partial charge in [0.15, 0.2) is 0 Å². The molecule has 0 aromatic heterocycles. The van der Waals surface area contributed by atoms with Gasteiger partial charge in [0.25, 0.3) is 0 Å². The van der Waals surface area contributed by atoms with E-state index < -0.39 is 5.97 Å². The number of fused-ring (bicyclic) bond motifs is 1. The normalized spacial score (nSPS) is 36.3. The Morgan fingerprint density at radius 1 is 1.25 bits per heavy atom. The topological polar surface area (TPSA) is 40.5 Å². The molecule has 0 aromatic rings. The summed E-state index contributed by atoms with van der Waals surface area (Å²) in [5.74, 6) is -0.672. The lowest BCUT2D eigenvalue weighted by atomic mass is 9.93. The van der Waals surface area contributed by atoms with Crippen LogP contribution in [-0.2, 0) is 4.79 Å². The zero-order chi connectivity index (χ0) is 8.55. The Bertz CT molecular complexity index is 193. The van der Waals surface area contributed by atoms with Crippen molar-refractivity contribution in [2.24, 2.45) is 5.92 Å². The second-order valence-corrected chi connectivity index (χ2v) is 3.83. The van der Waals surface area contributed by atoms with Gasteiger partial charge in [-0.15, -0.1) is 0 Å². The largest absolute Gasteiger partial charge is 0.481 e. The third-order valence-electron chi connectivity index (χ3n) is 3.17. The molecule has 0 saturated carbocycles. The molecule has 2 fully saturated rings. The summed E-state index contributed by atoms with van der Waals surface area (Å²) in [5, 5.41) is 8.93. The van der Waals surface area contributed by atoms with Crippen LogP contribution in [0.2, 0.25) is 0 Å². The first-order valence-corrected chi connectivity index (χ1v) is 4.76. The fraction of sp³-hybridized carbons (Fsp3) is 0.889. The van der Waals surface area contributed by atoms with Gasteiger partial charge in [-0.25, -0.2) is 0 Å². The minimum Gasteiger partial charge on any atom is -0.481 e. The molecule has 0 amide bonds. The van der Waals surface area contributed by atoms with Gasteiger partial charge >= 0.3 is 5.97 Å². The summed E-state index contributed by atoms with van der Waals surface area (Å²) < 4.78 is 0. The third kappa shape index (κ3) is 1.22. The van der Waals surface area contributed by atoms with Crippen molar-refractivity contribution in [2.75, 3.05) is 13.1 Å². The molecule has 3 nitrogen and oxygen atoms in total. The van der Waals surface area contributed by atoms with E-state index in [9.17, 15) is 4.79 Å². The van der Waals surface area contributed by atoms with Crippen LogP contribution in [0.15, 0.2) is 0 Å². The van der Waals surface area contributed by atoms with Crippen molar-refractivity contribution < 1.29 is 9.90 Å². The van der Waals surface area contributed by atoms with E-state index in [0.29, 0.717) is 6.04 Å². The molecule has 68 valence electrons. The van der Waals surface area contributed by atoms with Gasteiger partial charge in [0.1, 0.15) is 0 Å². The van der Waals surface area contributed by atoms with E-state index in [0.717, 1.165) is 25.9 Å². The first-order valence-electron chi connectivity index (χ1n) is 4.76. The van der Waals surface area contributed by atoms with Gasteiger partial charge in [-0.2, -0.15) is 0 Å². The number of carbonyl (C=O) groups is 1. The first kappa shape index (κ1) is 8.05. The minimum absolute atomic E-state index is 0.0784. The predicted octanol–water partition coefficient (Wildman–Crippen LogP) is 0.945. The molecule has 2 saturated heterocycles. The molecule has 2 rings (SSSR count). The number of carboxylic acid groups (broad SMARTS) is 1. The lowest BCUT2D eigenvalue weighted by Crippen LogP contribution is -2.39. The number of rotatable bonds is 1. The maximum Gasteiger partial charge on any atom is 0.308 e. The molecule has 2 heterocycles. The van der Waals surface area contributed by atoms with Gasteiger partial charge in [0.05, 0.1) is 5.92 Å². The number of piperidine rings is 1. The monoisotopic (exact) mass is 169 g/mol. The van der Waals surface area contributed by atoms with Crippen LogP contribution in [0.25, 0.3) is 0 Å². The summed E-state index contributed by atoms with van der Waals surface area (Å²) in [7, 11) is 0. The van der Waals surface area contributed by atoms with Crippen molar-refractivity contribution >= 4 is 5.97 Å². The second kappa shape index (κ2) is 3.05. The van der Waals surface area contributed by atoms with Gasteiger partial charge in [-0.3, -0.25) is 9.69 Å². The van der Waals surface area contributed by atoms with Crippen LogP contribution in [0.4, 0.5) is 0 Å². The zero-order valence-corrected chi connectivity index (χ0v) is 7.20. The first-order chi connectivity index (χ1) is 5.79. The van der Waals surface area contributed by atoms with Gasteiger partial charge in [-0.05, 0) is 32.4 Å². The van der Waals surface area contributed by atoms with Crippen molar-refractivity contribution in [2.45, 2.75) is 31.7 Å². The standard InChI is InChI=1S/C9H15NO2/c11-9(12)7-4-6-10-5-2-1-3-8(7)10/h7-8H,1-6H2,(H,11,12). The van der Waals surface area contributed by atoms with Crippen LogP contribution in [0.1, 0.15) is 25.7 Å². The van der Waals surface area contributed by atoms with E-state index in [1.54, 1.807) is 0 Å². The Kier molecular flexibility index (Phi) is 2.05. The Hall–Kier alpha value is -0.570. The summed E-state index contributed by atoms with van der Waals surface area (Å²) in [6.07, 6.45) is 4.42. The predicted molar refractivity (Wildman–Crippen MR) is 45.0 cm³/mol. The molecule has 2 aliphatic heterocycles. The summed E-state index contributed by atoms with van der Waals surface area (Å²) in [4.78, 5) is 13.2. The molecule has 0 bridgehead atoms. The maximum absolute atomic E-state index is 10.8. The van der Waals surface area contributed by atoms with Crippen molar-refractivity contribution in [3.63, 3.8) is 0 Å². The van der Waals surface area contributed by atoms with Crippen LogP contribution in [0.5, 0.6) is 0 Å². The van der Waals surface area contributed by atoms with Crippen molar-refractivity contribution in [3.05, 3.63) is 0 Å². The molecule has 2 aliphatic rings. The second-order valence-electron chi connectivity index (χ2n) is 3.83. The molecule has 0 aromatic carbocycles. The molecule has 1 N–H and O–H groups in total. The molecule has 0 spiro atoms. The smallest absolute Gasteiger partial charge is 0.308 e. The number of nitrogens with zero attached hydrogens (tertiary/aromatic N) is 1. The molecule has 2 atom stereocenters. The van der Waals surface area contributed by atoms with Gasteiger partial charge < -0.3 is 5.11 Å². The summed E-state index contributed by atoms with van der Waals surface area (Å²) >= 11 is 0. The molecule has 12 heavy (non-hydrogen) atoms. The molecular weight excluding hydrogens is 154 g/mol. The Labute approximate surface area is 72.4 Å². The van der Waals surface area contributed by atoms with Crippen molar-refractivity contribution in [1.82, 2.24) is 4.90 Å². The minimum atomic E-state index is -0.593. The summed E-state index contributed by atoms with van der Waals surface area (Å²) in [6.45, 7) is 2.12. The molecule has 0 aliphatic carbocycles. The van der Waals surface area contributed by atoms with Crippen LogP contribution in [-0.4, -0.2) is 35.1 Å². The van der Waals surface area contributed by atoms with Crippen LogP contribution >= 0.6 is 0 Å². The summed E-state index contributed by atoms with van der Waals surface area (Å²) in [5.41, 5.74) is 0. The van der Waals surface area contributed by atoms with Crippen LogP contribution in [0.3, 0.4) is 0 Å². The van der Waals surface area contributed by atoms with E-state index in [4.69, 9.17) is 5.11 Å². The van der Waals surface area contributed by atoms with Gasteiger partial charge in [0, 0.05) is 6.04 Å².